The highest BCUT2D eigenvalue weighted by Crippen LogP contribution is 2.42. The number of hydrogen-bond donors (Lipinski definition) is 2. The van der Waals surface area contributed by atoms with Gasteiger partial charge in [0.05, 0.1) is 5.69 Å². The summed E-state index contributed by atoms with van der Waals surface area (Å²) in [4.78, 5) is 14.4. The number of aryl methyl sites for hydroxylation is 1. The first-order valence-corrected chi connectivity index (χ1v) is 10.5. The second-order valence-electron chi connectivity index (χ2n) is 8.63. The quantitative estimate of drug-likeness (QED) is 0.812. The van der Waals surface area contributed by atoms with Crippen molar-refractivity contribution in [1.82, 2.24) is 25.3 Å². The Bertz CT molecular complexity index is 863. The van der Waals surface area contributed by atoms with Crippen molar-refractivity contribution in [1.29, 1.82) is 0 Å². The Morgan fingerprint density at radius 2 is 2.07 bits per heavy atom. The number of nitrogens with zero attached hydrogens (tertiary/aromatic N) is 3. The number of piperidine rings is 3. The molecule has 4 heterocycles. The standard InChI is InChI=1S/C22H30FN5O/c1-14(2)25-22(29)24-12-18-10-16-8-9-28(18)13-19(16)21-11-20(26-27(21)3)15-4-6-17(23)7-5-15/h4-7,11,14,16,18-19H,8-10,12-13H2,1-3H3,(H2,24,25,29)/t16-,18-,19+/m1/s1. The van der Waals surface area contributed by atoms with Crippen molar-refractivity contribution in [2.45, 2.75) is 44.7 Å². The number of halogens is 1. The lowest BCUT2D eigenvalue weighted by Gasteiger charge is -2.49. The van der Waals surface area contributed by atoms with Crippen LogP contribution in [0.2, 0.25) is 0 Å². The summed E-state index contributed by atoms with van der Waals surface area (Å²) in [6, 6.07) is 9.12. The highest BCUT2D eigenvalue weighted by Gasteiger charge is 2.41. The van der Waals surface area contributed by atoms with Gasteiger partial charge in [0.2, 0.25) is 0 Å². The molecule has 5 rings (SSSR count). The number of fused-ring (bicyclic) bond motifs is 3. The summed E-state index contributed by atoms with van der Waals surface area (Å²) in [6.07, 6.45) is 2.26. The Kier molecular flexibility index (Phi) is 5.58. The van der Waals surface area contributed by atoms with E-state index >= 15 is 0 Å². The van der Waals surface area contributed by atoms with Crippen LogP contribution in [0.5, 0.6) is 0 Å². The molecule has 1 aromatic heterocycles. The van der Waals surface area contributed by atoms with Gasteiger partial charge < -0.3 is 10.6 Å². The van der Waals surface area contributed by atoms with Gasteiger partial charge in [-0.25, -0.2) is 9.18 Å². The Hall–Kier alpha value is -2.41. The third-order valence-corrected chi connectivity index (χ3v) is 6.23. The van der Waals surface area contributed by atoms with E-state index in [1.54, 1.807) is 12.1 Å². The first kappa shape index (κ1) is 19.9. The zero-order valence-corrected chi connectivity index (χ0v) is 17.4. The van der Waals surface area contributed by atoms with Gasteiger partial charge in [0, 0.05) is 49.4 Å². The summed E-state index contributed by atoms with van der Waals surface area (Å²) in [7, 11) is 2.00. The van der Waals surface area contributed by atoms with Crippen LogP contribution in [0.3, 0.4) is 0 Å². The minimum Gasteiger partial charge on any atom is -0.337 e. The maximum absolute atomic E-state index is 13.2. The molecule has 3 fully saturated rings. The van der Waals surface area contributed by atoms with Gasteiger partial charge in [-0.3, -0.25) is 9.58 Å². The smallest absolute Gasteiger partial charge is 0.315 e. The van der Waals surface area contributed by atoms with Crippen molar-refractivity contribution >= 4 is 6.03 Å². The monoisotopic (exact) mass is 399 g/mol. The fourth-order valence-electron chi connectivity index (χ4n) is 4.80. The number of hydrogen-bond acceptors (Lipinski definition) is 3. The van der Waals surface area contributed by atoms with Crippen molar-refractivity contribution in [2.75, 3.05) is 19.6 Å². The van der Waals surface area contributed by atoms with Crippen LogP contribution in [0, 0.1) is 11.7 Å². The molecule has 3 aliphatic heterocycles. The Labute approximate surface area is 171 Å². The van der Waals surface area contributed by atoms with E-state index in [0.29, 0.717) is 24.4 Å². The molecule has 4 atom stereocenters. The van der Waals surface area contributed by atoms with Gasteiger partial charge in [0.25, 0.3) is 0 Å². The van der Waals surface area contributed by atoms with Gasteiger partial charge in [0.1, 0.15) is 5.82 Å². The molecule has 156 valence electrons. The Morgan fingerprint density at radius 3 is 2.72 bits per heavy atom. The van der Waals surface area contributed by atoms with Crippen molar-refractivity contribution in [3.05, 3.63) is 41.8 Å². The lowest BCUT2D eigenvalue weighted by atomic mass is 9.74. The van der Waals surface area contributed by atoms with Crippen LogP contribution in [-0.2, 0) is 7.05 Å². The number of urea groups is 1. The summed E-state index contributed by atoms with van der Waals surface area (Å²) < 4.78 is 15.2. The second-order valence-corrected chi connectivity index (χ2v) is 8.63. The number of benzene rings is 1. The predicted molar refractivity (Wildman–Crippen MR) is 111 cm³/mol. The molecule has 0 saturated carbocycles. The van der Waals surface area contributed by atoms with E-state index in [0.717, 1.165) is 30.8 Å². The molecule has 2 aromatic rings. The number of amides is 2. The van der Waals surface area contributed by atoms with E-state index in [1.165, 1.54) is 24.2 Å². The fraction of sp³-hybridized carbons (Fsp3) is 0.545. The van der Waals surface area contributed by atoms with Crippen LogP contribution in [0.25, 0.3) is 11.3 Å². The summed E-state index contributed by atoms with van der Waals surface area (Å²) in [6.45, 7) is 6.69. The van der Waals surface area contributed by atoms with E-state index in [9.17, 15) is 9.18 Å². The average molecular weight is 400 g/mol. The molecule has 2 amide bonds. The molecular weight excluding hydrogens is 369 g/mol. The molecular formula is C22H30FN5O. The molecule has 2 N–H and O–H groups in total. The molecule has 29 heavy (non-hydrogen) atoms. The minimum absolute atomic E-state index is 0.0882. The summed E-state index contributed by atoms with van der Waals surface area (Å²) in [5.74, 6) is 0.802. The largest absolute Gasteiger partial charge is 0.337 e. The molecule has 2 bridgehead atoms. The average Bonchev–Trinajstić information content (AvgIpc) is 3.08. The van der Waals surface area contributed by atoms with Crippen molar-refractivity contribution in [2.24, 2.45) is 13.0 Å². The lowest BCUT2D eigenvalue weighted by Crippen LogP contribution is -2.57. The van der Waals surface area contributed by atoms with Crippen molar-refractivity contribution in [3.8, 4) is 11.3 Å². The van der Waals surface area contributed by atoms with Crippen LogP contribution < -0.4 is 10.6 Å². The summed E-state index contributed by atoms with van der Waals surface area (Å²) >= 11 is 0. The molecule has 3 saturated heterocycles. The highest BCUT2D eigenvalue weighted by molar-refractivity contribution is 5.74. The van der Waals surface area contributed by atoms with Crippen LogP contribution >= 0.6 is 0 Å². The van der Waals surface area contributed by atoms with Gasteiger partial charge in [-0.2, -0.15) is 5.10 Å². The Balaban J connectivity index is 1.43. The van der Waals surface area contributed by atoms with Gasteiger partial charge in [0.15, 0.2) is 0 Å². The second kappa shape index (κ2) is 8.14. The number of carbonyl (C=O) groups excluding carboxylic acids is 1. The van der Waals surface area contributed by atoms with Gasteiger partial charge >= 0.3 is 6.03 Å². The van der Waals surface area contributed by atoms with E-state index < -0.39 is 0 Å². The molecule has 6 nitrogen and oxygen atoms in total. The minimum atomic E-state index is -0.232. The zero-order chi connectivity index (χ0) is 20.5. The summed E-state index contributed by atoms with van der Waals surface area (Å²) in [5.41, 5.74) is 3.07. The van der Waals surface area contributed by atoms with E-state index in [4.69, 9.17) is 0 Å². The van der Waals surface area contributed by atoms with E-state index in [-0.39, 0.29) is 17.9 Å². The molecule has 1 unspecified atom stereocenters. The van der Waals surface area contributed by atoms with Gasteiger partial charge in [-0.15, -0.1) is 0 Å². The van der Waals surface area contributed by atoms with Crippen LogP contribution in [0.1, 0.15) is 38.3 Å². The third-order valence-electron chi connectivity index (χ3n) is 6.23. The predicted octanol–water partition coefficient (Wildman–Crippen LogP) is 3.11. The van der Waals surface area contributed by atoms with Crippen LogP contribution in [0.15, 0.2) is 30.3 Å². The number of nitrogens with one attached hydrogen (secondary N) is 2. The molecule has 1 aromatic carbocycles. The normalized spacial score (nSPS) is 26.0. The maximum Gasteiger partial charge on any atom is 0.315 e. The SMILES string of the molecule is CC(C)NC(=O)NC[C@H]1C[C@H]2CCN1C[C@@H]2c1cc(-c2ccc(F)cc2)nn1C. The number of rotatable bonds is 5. The highest BCUT2D eigenvalue weighted by atomic mass is 19.1. The molecule has 0 spiro atoms. The van der Waals surface area contributed by atoms with E-state index in [1.807, 2.05) is 25.6 Å². The fourth-order valence-corrected chi connectivity index (χ4v) is 4.80. The van der Waals surface area contributed by atoms with Crippen molar-refractivity contribution < 1.29 is 9.18 Å². The maximum atomic E-state index is 13.2. The summed E-state index contributed by atoms with van der Waals surface area (Å²) in [5, 5.41) is 10.6. The first-order chi connectivity index (χ1) is 13.9. The molecule has 0 aliphatic carbocycles. The zero-order valence-electron chi connectivity index (χ0n) is 17.4. The van der Waals surface area contributed by atoms with Crippen LogP contribution in [0.4, 0.5) is 9.18 Å². The third kappa shape index (κ3) is 4.29. The van der Waals surface area contributed by atoms with Gasteiger partial charge in [-0.05, 0) is 69.5 Å². The van der Waals surface area contributed by atoms with Crippen LogP contribution in [-0.4, -0.2) is 52.4 Å². The lowest BCUT2D eigenvalue weighted by molar-refractivity contribution is 0.0294. The van der Waals surface area contributed by atoms with E-state index in [2.05, 4.69) is 26.7 Å². The Morgan fingerprint density at radius 1 is 1.31 bits per heavy atom. The molecule has 7 heteroatoms. The van der Waals surface area contributed by atoms with Crippen molar-refractivity contribution in [3.63, 3.8) is 0 Å². The first-order valence-electron chi connectivity index (χ1n) is 10.5. The van der Waals surface area contributed by atoms with Gasteiger partial charge in [-0.1, -0.05) is 0 Å². The number of aromatic nitrogens is 2. The molecule has 0 radical (unpaired) electrons. The topological polar surface area (TPSA) is 62.2 Å². The number of carbonyl (C=O) groups is 1. The molecule has 3 aliphatic rings.